The van der Waals surface area contributed by atoms with Gasteiger partial charge >= 0.3 is 0 Å². The Kier molecular flexibility index (Phi) is 5.74. The lowest BCUT2D eigenvalue weighted by molar-refractivity contribution is 0.0984. The summed E-state index contributed by atoms with van der Waals surface area (Å²) in [6.45, 7) is 1.72. The minimum absolute atomic E-state index is 0.0214. The summed E-state index contributed by atoms with van der Waals surface area (Å²) < 4.78 is 14.9. The molecule has 8 nitrogen and oxygen atoms in total. The van der Waals surface area contributed by atoms with Crippen LogP contribution < -0.4 is 9.47 Å². The fourth-order valence-corrected chi connectivity index (χ4v) is 4.65. The number of aromatic nitrogens is 4. The van der Waals surface area contributed by atoms with Crippen LogP contribution in [0.3, 0.4) is 0 Å². The van der Waals surface area contributed by atoms with E-state index < -0.39 is 0 Å². The van der Waals surface area contributed by atoms with Crippen LogP contribution in [0.25, 0.3) is 27.7 Å². The van der Waals surface area contributed by atoms with E-state index in [0.717, 1.165) is 39.0 Å². The molecule has 5 aromatic rings. The Bertz CT molecular complexity index is 1580. The van der Waals surface area contributed by atoms with Gasteiger partial charge in [0, 0.05) is 42.4 Å². The van der Waals surface area contributed by atoms with Crippen molar-refractivity contribution < 1.29 is 19.4 Å². The van der Waals surface area contributed by atoms with Gasteiger partial charge in [-0.25, -0.2) is 4.98 Å². The average Bonchev–Trinajstić information content (AvgIpc) is 3.43. The second-order valence-corrected chi connectivity index (χ2v) is 8.37. The summed E-state index contributed by atoms with van der Waals surface area (Å²) in [4.78, 5) is 22.3. The maximum Gasteiger partial charge on any atom is 0.183 e. The normalized spacial score (nSPS) is 11.3. The molecular formula is C27H26N4O4. The molecule has 0 saturated heterocycles. The highest BCUT2D eigenvalue weighted by Gasteiger charge is 2.20. The van der Waals surface area contributed by atoms with Crippen molar-refractivity contribution in [1.29, 1.82) is 0 Å². The van der Waals surface area contributed by atoms with E-state index in [1.165, 1.54) is 0 Å². The van der Waals surface area contributed by atoms with Crippen molar-refractivity contribution in [2.24, 2.45) is 7.05 Å². The van der Waals surface area contributed by atoms with E-state index in [1.807, 2.05) is 65.4 Å². The van der Waals surface area contributed by atoms with Crippen molar-refractivity contribution >= 4 is 22.2 Å². The minimum Gasteiger partial charge on any atom is -0.496 e. The molecule has 0 radical (unpaired) electrons. The summed E-state index contributed by atoms with van der Waals surface area (Å²) in [6, 6.07) is 13.3. The van der Waals surface area contributed by atoms with E-state index in [1.54, 1.807) is 26.6 Å². The number of ketones is 1. The van der Waals surface area contributed by atoms with Gasteiger partial charge in [0.2, 0.25) is 0 Å². The zero-order valence-electron chi connectivity index (χ0n) is 20.1. The lowest BCUT2D eigenvalue weighted by atomic mass is 10.0. The van der Waals surface area contributed by atoms with Gasteiger partial charge in [0.1, 0.15) is 23.9 Å². The van der Waals surface area contributed by atoms with Gasteiger partial charge in [0.25, 0.3) is 0 Å². The Morgan fingerprint density at radius 3 is 2.63 bits per heavy atom. The van der Waals surface area contributed by atoms with Crippen molar-refractivity contribution in [2.75, 3.05) is 14.2 Å². The molecule has 0 aliphatic heterocycles. The first-order valence-electron chi connectivity index (χ1n) is 11.2. The van der Waals surface area contributed by atoms with Gasteiger partial charge < -0.3 is 19.1 Å². The number of hydrogen-bond donors (Lipinski definition) is 1. The third kappa shape index (κ3) is 3.72. The van der Waals surface area contributed by atoms with Crippen LogP contribution in [0.2, 0.25) is 0 Å². The molecule has 0 saturated carbocycles. The van der Waals surface area contributed by atoms with Gasteiger partial charge in [-0.15, -0.1) is 0 Å². The summed E-state index contributed by atoms with van der Waals surface area (Å²) in [5, 5.41) is 10.7. The molecule has 0 aliphatic rings. The number of carbonyl (C=O) groups is 1. The molecule has 0 aliphatic carbocycles. The number of nitrogens with zero attached hydrogens (tertiary/aromatic N) is 4. The monoisotopic (exact) mass is 470 g/mol. The SMILES string of the molecule is COc1cc(-c2nc(CO)n3ccnc(C)c23)ccc1CC(=O)c1cc2c(OC)cccc2n1C. The number of ether oxygens (including phenoxy) is 2. The fourth-order valence-electron chi connectivity index (χ4n) is 4.65. The number of carbonyl (C=O) groups excluding carboxylic acids is 1. The minimum atomic E-state index is -0.190. The molecule has 5 rings (SSSR count). The van der Waals surface area contributed by atoms with Gasteiger partial charge in [-0.05, 0) is 31.2 Å². The second kappa shape index (κ2) is 8.88. The van der Waals surface area contributed by atoms with Crippen molar-refractivity contribution in [3.63, 3.8) is 0 Å². The molecule has 1 N–H and O–H groups in total. The highest BCUT2D eigenvalue weighted by molar-refractivity contribution is 6.02. The molecule has 0 amide bonds. The first-order chi connectivity index (χ1) is 17.0. The largest absolute Gasteiger partial charge is 0.496 e. The van der Waals surface area contributed by atoms with E-state index in [4.69, 9.17) is 9.47 Å². The molecule has 0 bridgehead atoms. The number of fused-ring (bicyclic) bond motifs is 2. The summed E-state index contributed by atoms with van der Waals surface area (Å²) in [7, 11) is 5.10. The van der Waals surface area contributed by atoms with E-state index >= 15 is 0 Å². The number of aliphatic hydroxyl groups excluding tert-OH is 1. The van der Waals surface area contributed by atoms with Crippen molar-refractivity contribution in [1.82, 2.24) is 18.9 Å². The quantitative estimate of drug-likeness (QED) is 0.360. The fraction of sp³-hybridized carbons (Fsp3) is 0.222. The lowest BCUT2D eigenvalue weighted by Crippen LogP contribution is -2.09. The van der Waals surface area contributed by atoms with Gasteiger partial charge in [-0.3, -0.25) is 14.2 Å². The molecule has 3 aromatic heterocycles. The molecule has 0 spiro atoms. The third-order valence-electron chi connectivity index (χ3n) is 6.42. The number of methoxy groups -OCH3 is 2. The highest BCUT2D eigenvalue weighted by atomic mass is 16.5. The van der Waals surface area contributed by atoms with E-state index in [-0.39, 0.29) is 18.8 Å². The Morgan fingerprint density at radius 2 is 1.89 bits per heavy atom. The van der Waals surface area contributed by atoms with Gasteiger partial charge in [0.15, 0.2) is 5.78 Å². The number of benzene rings is 2. The van der Waals surface area contributed by atoms with Crippen LogP contribution in [0.15, 0.2) is 54.9 Å². The standard InChI is InChI=1S/C27H26N4O4/c1-16-27-26(29-25(15-32)31(27)11-10-28-16)18-9-8-17(24(13-18)35-4)12-22(33)21-14-19-20(30(21)2)6-5-7-23(19)34-3/h5-11,13-14,32H,12,15H2,1-4H3. The molecule has 8 heteroatoms. The van der Waals surface area contributed by atoms with Gasteiger partial charge in [-0.2, -0.15) is 0 Å². The molecule has 2 aromatic carbocycles. The smallest absolute Gasteiger partial charge is 0.183 e. The zero-order chi connectivity index (χ0) is 24.7. The molecule has 0 fully saturated rings. The second-order valence-electron chi connectivity index (χ2n) is 8.37. The summed E-state index contributed by atoms with van der Waals surface area (Å²) in [5.41, 5.74) is 5.47. The summed E-state index contributed by atoms with van der Waals surface area (Å²) in [5.74, 6) is 1.84. The molecule has 3 heterocycles. The van der Waals surface area contributed by atoms with Crippen LogP contribution in [0.5, 0.6) is 11.5 Å². The Hall–Kier alpha value is -4.17. The maximum absolute atomic E-state index is 13.3. The Labute approximate surface area is 202 Å². The van der Waals surface area contributed by atoms with Crippen LogP contribution in [-0.2, 0) is 20.1 Å². The Balaban J connectivity index is 1.52. The molecule has 178 valence electrons. The topological polar surface area (TPSA) is 90.9 Å². The van der Waals surface area contributed by atoms with E-state index in [0.29, 0.717) is 23.0 Å². The molecule has 0 unspecified atom stereocenters. The van der Waals surface area contributed by atoms with Gasteiger partial charge in [-0.1, -0.05) is 18.2 Å². The number of Topliss-reactive ketones (excluding diaryl/α,β-unsaturated/α-hetero) is 1. The van der Waals surface area contributed by atoms with Crippen LogP contribution in [0, 0.1) is 6.92 Å². The van der Waals surface area contributed by atoms with Crippen molar-refractivity contribution in [3.05, 3.63) is 77.6 Å². The number of hydrogen-bond acceptors (Lipinski definition) is 6. The number of aliphatic hydroxyl groups is 1. The van der Waals surface area contributed by atoms with E-state index in [9.17, 15) is 9.90 Å². The Morgan fingerprint density at radius 1 is 1.09 bits per heavy atom. The number of rotatable bonds is 7. The number of imidazole rings is 1. The zero-order valence-corrected chi connectivity index (χ0v) is 20.1. The first-order valence-corrected chi connectivity index (χ1v) is 11.2. The van der Waals surface area contributed by atoms with Gasteiger partial charge in [0.05, 0.1) is 42.3 Å². The molecule has 0 atom stereocenters. The highest BCUT2D eigenvalue weighted by Crippen LogP contribution is 2.33. The predicted molar refractivity (Wildman–Crippen MR) is 133 cm³/mol. The number of aryl methyl sites for hydroxylation is 2. The summed E-state index contributed by atoms with van der Waals surface area (Å²) >= 11 is 0. The lowest BCUT2D eigenvalue weighted by Gasteiger charge is -2.11. The van der Waals surface area contributed by atoms with Crippen molar-refractivity contribution in [3.8, 4) is 22.8 Å². The maximum atomic E-state index is 13.3. The van der Waals surface area contributed by atoms with Crippen LogP contribution in [0.1, 0.15) is 27.6 Å². The molecular weight excluding hydrogens is 444 g/mol. The third-order valence-corrected chi connectivity index (χ3v) is 6.42. The predicted octanol–water partition coefficient (Wildman–Crippen LogP) is 4.13. The van der Waals surface area contributed by atoms with Crippen molar-refractivity contribution in [2.45, 2.75) is 20.0 Å². The van der Waals surface area contributed by atoms with Crippen LogP contribution in [-0.4, -0.2) is 44.0 Å². The average molecular weight is 471 g/mol. The molecule has 35 heavy (non-hydrogen) atoms. The first kappa shape index (κ1) is 22.6. The summed E-state index contributed by atoms with van der Waals surface area (Å²) in [6.07, 6.45) is 3.65. The van der Waals surface area contributed by atoms with E-state index in [2.05, 4.69) is 9.97 Å². The van der Waals surface area contributed by atoms with Crippen LogP contribution >= 0.6 is 0 Å². The van der Waals surface area contributed by atoms with Crippen LogP contribution in [0.4, 0.5) is 0 Å².